The van der Waals surface area contributed by atoms with Gasteiger partial charge in [0.05, 0.1) is 22.1 Å². The molecule has 2 nitrogen and oxygen atoms in total. The van der Waals surface area contributed by atoms with Gasteiger partial charge in [-0.2, -0.15) is 0 Å². The summed E-state index contributed by atoms with van der Waals surface area (Å²) in [5.74, 6) is 0. The molecule has 51 heavy (non-hydrogen) atoms. The zero-order valence-electron chi connectivity index (χ0n) is 27.9. The second kappa shape index (κ2) is 10.9. The lowest BCUT2D eigenvalue weighted by Gasteiger charge is -2.12. The van der Waals surface area contributed by atoms with Gasteiger partial charge in [0, 0.05) is 32.9 Å². The highest BCUT2D eigenvalue weighted by Gasteiger charge is 2.19. The standard InChI is InChI=1S/C49H32N2/c1-2-13-40-36(10-1)28-37-25-24-35(30-44(37)40)33-22-20-32(21-23-33)34-11-9-12-38(29-34)50-48-19-8-5-16-43(48)45-31-39(26-27-49(45)50)51-46-17-6-3-14-41(46)42-15-4-7-18-47(42)51/h1-27,29-31H,28H2. The Morgan fingerprint density at radius 2 is 0.804 bits per heavy atom. The van der Waals surface area contributed by atoms with Crippen LogP contribution < -0.4 is 0 Å². The van der Waals surface area contributed by atoms with E-state index < -0.39 is 0 Å². The van der Waals surface area contributed by atoms with Crippen molar-refractivity contribution >= 4 is 43.6 Å². The molecular weight excluding hydrogens is 617 g/mol. The molecule has 10 aromatic rings. The third-order valence-corrected chi connectivity index (χ3v) is 10.9. The molecule has 2 heteroatoms. The summed E-state index contributed by atoms with van der Waals surface area (Å²) in [6, 6.07) is 66.9. The largest absolute Gasteiger partial charge is 0.309 e. The highest BCUT2D eigenvalue weighted by Crippen LogP contribution is 2.40. The van der Waals surface area contributed by atoms with Crippen molar-refractivity contribution in [1.82, 2.24) is 9.13 Å². The molecule has 11 rings (SSSR count). The molecule has 1 aliphatic rings. The quantitative estimate of drug-likeness (QED) is 0.180. The number of hydrogen-bond acceptors (Lipinski definition) is 0. The van der Waals surface area contributed by atoms with Gasteiger partial charge in [0.2, 0.25) is 0 Å². The summed E-state index contributed by atoms with van der Waals surface area (Å²) in [6.45, 7) is 0. The van der Waals surface area contributed by atoms with Crippen molar-refractivity contribution in [2.75, 3.05) is 0 Å². The molecular formula is C49H32N2. The number of aromatic nitrogens is 2. The number of hydrogen-bond donors (Lipinski definition) is 0. The predicted molar refractivity (Wildman–Crippen MR) is 214 cm³/mol. The molecule has 0 amide bonds. The summed E-state index contributed by atoms with van der Waals surface area (Å²) in [5, 5.41) is 5.05. The van der Waals surface area contributed by atoms with Gasteiger partial charge in [-0.1, -0.05) is 127 Å². The Kier molecular flexibility index (Phi) is 6.05. The number of para-hydroxylation sites is 3. The van der Waals surface area contributed by atoms with E-state index in [1.165, 1.54) is 93.8 Å². The topological polar surface area (TPSA) is 9.86 Å². The van der Waals surface area contributed by atoms with Crippen LogP contribution in [0.5, 0.6) is 0 Å². The number of fused-ring (bicyclic) bond motifs is 9. The van der Waals surface area contributed by atoms with Gasteiger partial charge in [-0.3, -0.25) is 0 Å². The minimum atomic E-state index is 1.02. The van der Waals surface area contributed by atoms with E-state index in [1.807, 2.05) is 0 Å². The maximum Gasteiger partial charge on any atom is 0.0542 e. The van der Waals surface area contributed by atoms with Crippen LogP contribution in [-0.4, -0.2) is 9.13 Å². The van der Waals surface area contributed by atoms with E-state index in [2.05, 4.69) is 191 Å². The first-order valence-electron chi connectivity index (χ1n) is 17.7. The van der Waals surface area contributed by atoms with Gasteiger partial charge < -0.3 is 9.13 Å². The van der Waals surface area contributed by atoms with Crippen LogP contribution in [0.15, 0.2) is 182 Å². The Balaban J connectivity index is 0.996. The van der Waals surface area contributed by atoms with E-state index in [1.54, 1.807) is 0 Å². The number of benzene rings is 8. The van der Waals surface area contributed by atoms with Gasteiger partial charge in [0.1, 0.15) is 0 Å². The minimum Gasteiger partial charge on any atom is -0.309 e. The molecule has 8 aromatic carbocycles. The van der Waals surface area contributed by atoms with E-state index in [0.717, 1.165) is 12.1 Å². The van der Waals surface area contributed by atoms with E-state index in [-0.39, 0.29) is 0 Å². The van der Waals surface area contributed by atoms with Crippen LogP contribution in [0.4, 0.5) is 0 Å². The van der Waals surface area contributed by atoms with Crippen LogP contribution in [0, 0.1) is 0 Å². The van der Waals surface area contributed by atoms with Crippen molar-refractivity contribution in [3.05, 3.63) is 193 Å². The minimum absolute atomic E-state index is 1.02. The molecule has 0 saturated heterocycles. The monoisotopic (exact) mass is 648 g/mol. The highest BCUT2D eigenvalue weighted by molar-refractivity contribution is 6.12. The third kappa shape index (κ3) is 4.30. The SMILES string of the molecule is c1cc(-c2ccc(-c3ccc4c(c3)-c3ccccc3C4)cc2)cc(-n2c3ccccc3c3cc(-n4c5ccccc5c5ccccc54)ccc32)c1. The Labute approximate surface area is 296 Å². The lowest BCUT2D eigenvalue weighted by Crippen LogP contribution is -1.96. The summed E-state index contributed by atoms with van der Waals surface area (Å²) in [7, 11) is 0. The van der Waals surface area contributed by atoms with Crippen molar-refractivity contribution in [2.24, 2.45) is 0 Å². The summed E-state index contributed by atoms with van der Waals surface area (Å²) in [4.78, 5) is 0. The van der Waals surface area contributed by atoms with Crippen LogP contribution >= 0.6 is 0 Å². The summed E-state index contributed by atoms with van der Waals surface area (Å²) >= 11 is 0. The smallest absolute Gasteiger partial charge is 0.0542 e. The zero-order valence-corrected chi connectivity index (χ0v) is 27.9. The van der Waals surface area contributed by atoms with Gasteiger partial charge in [-0.15, -0.1) is 0 Å². The maximum atomic E-state index is 2.42. The van der Waals surface area contributed by atoms with E-state index >= 15 is 0 Å². The van der Waals surface area contributed by atoms with Crippen LogP contribution in [0.1, 0.15) is 11.1 Å². The fourth-order valence-electron chi connectivity index (χ4n) is 8.56. The first-order chi connectivity index (χ1) is 25.3. The van der Waals surface area contributed by atoms with Gasteiger partial charge in [-0.25, -0.2) is 0 Å². The van der Waals surface area contributed by atoms with Crippen molar-refractivity contribution < 1.29 is 0 Å². The van der Waals surface area contributed by atoms with Crippen LogP contribution in [0.25, 0.3) is 88.4 Å². The molecule has 0 radical (unpaired) electrons. The summed E-state index contributed by atoms with van der Waals surface area (Å²) in [6.07, 6.45) is 1.02. The summed E-state index contributed by atoms with van der Waals surface area (Å²) < 4.78 is 4.82. The molecule has 238 valence electrons. The average Bonchev–Trinajstić information content (AvgIpc) is 3.85. The molecule has 0 saturated carbocycles. The van der Waals surface area contributed by atoms with Gasteiger partial charge in [-0.05, 0) is 106 Å². The Morgan fingerprint density at radius 1 is 0.294 bits per heavy atom. The molecule has 0 unspecified atom stereocenters. The van der Waals surface area contributed by atoms with Crippen molar-refractivity contribution in [3.8, 4) is 44.8 Å². The molecule has 0 N–H and O–H groups in total. The second-order valence-electron chi connectivity index (χ2n) is 13.8. The Morgan fingerprint density at radius 3 is 1.49 bits per heavy atom. The fraction of sp³-hybridized carbons (Fsp3) is 0.0204. The average molecular weight is 649 g/mol. The van der Waals surface area contributed by atoms with E-state index in [4.69, 9.17) is 0 Å². The zero-order chi connectivity index (χ0) is 33.5. The fourth-order valence-corrected chi connectivity index (χ4v) is 8.56. The van der Waals surface area contributed by atoms with E-state index in [9.17, 15) is 0 Å². The normalized spacial score (nSPS) is 12.2. The highest BCUT2D eigenvalue weighted by atomic mass is 15.0. The van der Waals surface area contributed by atoms with Crippen molar-refractivity contribution in [2.45, 2.75) is 6.42 Å². The van der Waals surface area contributed by atoms with Gasteiger partial charge in [0.25, 0.3) is 0 Å². The molecule has 2 aromatic heterocycles. The predicted octanol–water partition coefficient (Wildman–Crippen LogP) is 12.8. The van der Waals surface area contributed by atoms with Crippen LogP contribution in [0.3, 0.4) is 0 Å². The van der Waals surface area contributed by atoms with Gasteiger partial charge in [0.15, 0.2) is 0 Å². The number of rotatable bonds is 4. The molecule has 0 bridgehead atoms. The van der Waals surface area contributed by atoms with Crippen molar-refractivity contribution in [1.29, 1.82) is 0 Å². The van der Waals surface area contributed by atoms with Crippen LogP contribution in [0.2, 0.25) is 0 Å². The first kappa shape index (κ1) is 28.2. The molecule has 0 atom stereocenters. The number of nitrogens with zero attached hydrogens (tertiary/aromatic N) is 2. The molecule has 0 fully saturated rings. The van der Waals surface area contributed by atoms with E-state index in [0.29, 0.717) is 0 Å². The third-order valence-electron chi connectivity index (χ3n) is 10.9. The second-order valence-corrected chi connectivity index (χ2v) is 13.8. The lowest BCUT2D eigenvalue weighted by atomic mass is 9.96. The molecule has 1 aliphatic carbocycles. The Bertz CT molecular complexity index is 2940. The Hall–Kier alpha value is -6.64. The maximum absolute atomic E-state index is 2.42. The molecule has 0 aliphatic heterocycles. The van der Waals surface area contributed by atoms with Gasteiger partial charge >= 0.3 is 0 Å². The first-order valence-corrected chi connectivity index (χ1v) is 17.7. The van der Waals surface area contributed by atoms with Crippen molar-refractivity contribution in [3.63, 3.8) is 0 Å². The van der Waals surface area contributed by atoms with Crippen LogP contribution in [-0.2, 0) is 6.42 Å². The lowest BCUT2D eigenvalue weighted by molar-refractivity contribution is 1.17. The summed E-state index contributed by atoms with van der Waals surface area (Å²) in [5.41, 5.74) is 17.7. The molecule has 2 heterocycles. The molecule has 0 spiro atoms.